The molecule has 0 spiro atoms. The lowest BCUT2D eigenvalue weighted by Gasteiger charge is -2.15. The van der Waals surface area contributed by atoms with Crippen molar-refractivity contribution in [3.8, 4) is 56.2 Å². The van der Waals surface area contributed by atoms with Crippen LogP contribution in [0.3, 0.4) is 0 Å². The molecule has 0 amide bonds. The molecule has 1 aromatic heterocycles. The summed E-state index contributed by atoms with van der Waals surface area (Å²) in [5, 5.41) is 7.65. The van der Waals surface area contributed by atoms with Gasteiger partial charge in [-0.1, -0.05) is 158 Å². The van der Waals surface area contributed by atoms with Crippen molar-refractivity contribution < 1.29 is 0 Å². The second-order valence-corrected chi connectivity index (χ2v) is 12.2. The van der Waals surface area contributed by atoms with Crippen molar-refractivity contribution in [1.29, 1.82) is 0 Å². The van der Waals surface area contributed by atoms with Gasteiger partial charge in [0.1, 0.15) is 0 Å². The Labute approximate surface area is 279 Å². The number of hydrogen-bond acceptors (Lipinski definition) is 2. The van der Waals surface area contributed by atoms with Crippen LogP contribution in [0.25, 0.3) is 88.5 Å². The first-order valence-corrected chi connectivity index (χ1v) is 16.3. The minimum atomic E-state index is 0.705. The molecular formula is C46H30N2. The quantitative estimate of drug-likeness (QED) is 0.181. The standard InChI is InChI=1S/C46H30N2/c1-4-14-31(15-5-1)42-28-34(35-24-26-40-38-22-11-10-20-36(38)37-21-12-13-23-39(37)43(40)29-35)25-27-41(42)46-47-44(32-16-6-2-7-17-32)30-45(48-46)33-18-8-3-9-19-33/h1-30H. The van der Waals surface area contributed by atoms with Gasteiger partial charge in [-0.25, -0.2) is 9.97 Å². The van der Waals surface area contributed by atoms with Crippen LogP contribution in [-0.4, -0.2) is 9.97 Å². The fraction of sp³-hybridized carbons (Fsp3) is 0. The van der Waals surface area contributed by atoms with Crippen molar-refractivity contribution >= 4 is 32.3 Å². The van der Waals surface area contributed by atoms with E-state index in [1.807, 2.05) is 12.1 Å². The smallest absolute Gasteiger partial charge is 0.161 e. The maximum Gasteiger partial charge on any atom is 0.161 e. The molecule has 0 radical (unpaired) electrons. The van der Waals surface area contributed by atoms with Crippen LogP contribution >= 0.6 is 0 Å². The second-order valence-electron chi connectivity index (χ2n) is 12.2. The molecule has 0 aliphatic rings. The van der Waals surface area contributed by atoms with Crippen molar-refractivity contribution in [3.05, 3.63) is 182 Å². The van der Waals surface area contributed by atoms with Crippen molar-refractivity contribution in [2.75, 3.05) is 0 Å². The molecule has 0 aliphatic heterocycles. The van der Waals surface area contributed by atoms with Crippen LogP contribution < -0.4 is 0 Å². The summed E-state index contributed by atoms with van der Waals surface area (Å²) in [5.41, 5.74) is 9.47. The monoisotopic (exact) mass is 610 g/mol. The van der Waals surface area contributed by atoms with Gasteiger partial charge in [-0.15, -0.1) is 0 Å². The van der Waals surface area contributed by atoms with Crippen LogP contribution in [0.4, 0.5) is 0 Å². The van der Waals surface area contributed by atoms with E-state index < -0.39 is 0 Å². The Kier molecular flexibility index (Phi) is 6.84. The SMILES string of the molecule is c1ccc(-c2cc(-c3ccccc3)nc(-c3ccc(-c4ccc5c6ccccc6c6ccccc6c5c4)cc3-c3ccccc3)n2)cc1. The molecule has 224 valence electrons. The average Bonchev–Trinajstić information content (AvgIpc) is 3.18. The van der Waals surface area contributed by atoms with E-state index in [-0.39, 0.29) is 0 Å². The highest BCUT2D eigenvalue weighted by molar-refractivity contribution is 6.25. The first-order valence-electron chi connectivity index (χ1n) is 16.3. The van der Waals surface area contributed by atoms with Gasteiger partial charge in [0, 0.05) is 16.7 Å². The molecule has 0 saturated carbocycles. The van der Waals surface area contributed by atoms with Crippen molar-refractivity contribution in [2.45, 2.75) is 0 Å². The minimum absolute atomic E-state index is 0.705. The second kappa shape index (κ2) is 11.8. The van der Waals surface area contributed by atoms with Crippen molar-refractivity contribution in [1.82, 2.24) is 9.97 Å². The molecule has 0 atom stereocenters. The maximum atomic E-state index is 5.18. The zero-order chi connectivity index (χ0) is 31.9. The van der Waals surface area contributed by atoms with E-state index in [0.717, 1.165) is 44.8 Å². The summed E-state index contributed by atoms with van der Waals surface area (Å²) >= 11 is 0. The molecule has 2 nitrogen and oxygen atoms in total. The van der Waals surface area contributed by atoms with Crippen molar-refractivity contribution in [2.24, 2.45) is 0 Å². The predicted octanol–water partition coefficient (Wildman–Crippen LogP) is 12.3. The Morgan fingerprint density at radius 2 is 0.667 bits per heavy atom. The van der Waals surface area contributed by atoms with E-state index >= 15 is 0 Å². The summed E-state index contributed by atoms with van der Waals surface area (Å²) in [6.45, 7) is 0. The van der Waals surface area contributed by atoms with Gasteiger partial charge in [0.05, 0.1) is 11.4 Å². The summed E-state index contributed by atoms with van der Waals surface area (Å²) in [7, 11) is 0. The average molecular weight is 611 g/mol. The van der Waals surface area contributed by atoms with Crippen LogP contribution in [0.15, 0.2) is 182 Å². The van der Waals surface area contributed by atoms with Crippen LogP contribution in [-0.2, 0) is 0 Å². The maximum absolute atomic E-state index is 5.18. The van der Waals surface area contributed by atoms with Crippen LogP contribution in [0.2, 0.25) is 0 Å². The number of fused-ring (bicyclic) bond motifs is 6. The third kappa shape index (κ3) is 4.92. The van der Waals surface area contributed by atoms with Gasteiger partial charge in [0.25, 0.3) is 0 Å². The molecule has 0 fully saturated rings. The van der Waals surface area contributed by atoms with E-state index in [1.54, 1.807) is 0 Å². The number of rotatable bonds is 5. The summed E-state index contributed by atoms with van der Waals surface area (Å²) in [4.78, 5) is 10.4. The first kappa shape index (κ1) is 27.9. The number of nitrogens with zero attached hydrogens (tertiary/aromatic N) is 2. The topological polar surface area (TPSA) is 25.8 Å². The Hall–Kier alpha value is -6.38. The van der Waals surface area contributed by atoms with E-state index in [2.05, 4.69) is 170 Å². The highest BCUT2D eigenvalue weighted by Gasteiger charge is 2.17. The third-order valence-corrected chi connectivity index (χ3v) is 9.29. The number of aromatic nitrogens is 2. The Morgan fingerprint density at radius 1 is 0.250 bits per heavy atom. The van der Waals surface area contributed by atoms with Crippen LogP contribution in [0.5, 0.6) is 0 Å². The lowest BCUT2D eigenvalue weighted by atomic mass is 9.90. The molecule has 0 bridgehead atoms. The summed E-state index contributed by atoms with van der Waals surface area (Å²) in [6, 6.07) is 64.5. The molecule has 8 aromatic carbocycles. The molecule has 0 aliphatic carbocycles. The fourth-order valence-corrected chi connectivity index (χ4v) is 6.94. The van der Waals surface area contributed by atoms with Gasteiger partial charge in [-0.05, 0) is 78.8 Å². The number of hydrogen-bond donors (Lipinski definition) is 0. The van der Waals surface area contributed by atoms with Crippen LogP contribution in [0.1, 0.15) is 0 Å². The molecule has 1 heterocycles. The molecule has 2 heteroatoms. The first-order chi connectivity index (χ1) is 23.8. The lowest BCUT2D eigenvalue weighted by molar-refractivity contribution is 1.18. The summed E-state index contributed by atoms with van der Waals surface area (Å²) in [6.07, 6.45) is 0. The highest BCUT2D eigenvalue weighted by Crippen LogP contribution is 2.40. The molecule has 0 N–H and O–H groups in total. The van der Waals surface area contributed by atoms with Gasteiger partial charge in [0.15, 0.2) is 5.82 Å². The van der Waals surface area contributed by atoms with E-state index in [1.165, 1.54) is 37.9 Å². The van der Waals surface area contributed by atoms with E-state index in [4.69, 9.17) is 9.97 Å². The lowest BCUT2D eigenvalue weighted by Crippen LogP contribution is -1.98. The zero-order valence-corrected chi connectivity index (χ0v) is 26.2. The van der Waals surface area contributed by atoms with Gasteiger partial charge in [-0.2, -0.15) is 0 Å². The van der Waals surface area contributed by atoms with Gasteiger partial charge in [0.2, 0.25) is 0 Å². The molecule has 0 saturated heterocycles. The fourth-order valence-electron chi connectivity index (χ4n) is 6.94. The summed E-state index contributed by atoms with van der Waals surface area (Å²) < 4.78 is 0. The Bertz CT molecular complexity index is 2500. The Balaban J connectivity index is 1.26. The van der Waals surface area contributed by atoms with E-state index in [9.17, 15) is 0 Å². The van der Waals surface area contributed by atoms with E-state index in [0.29, 0.717) is 5.82 Å². The Morgan fingerprint density at radius 3 is 1.21 bits per heavy atom. The normalized spacial score (nSPS) is 11.3. The molecule has 9 rings (SSSR count). The largest absolute Gasteiger partial charge is 0.228 e. The molecular weight excluding hydrogens is 581 g/mol. The molecule has 48 heavy (non-hydrogen) atoms. The highest BCUT2D eigenvalue weighted by atomic mass is 14.9. The number of benzene rings is 8. The van der Waals surface area contributed by atoms with Crippen LogP contribution in [0, 0.1) is 0 Å². The van der Waals surface area contributed by atoms with Crippen molar-refractivity contribution in [3.63, 3.8) is 0 Å². The molecule has 9 aromatic rings. The van der Waals surface area contributed by atoms with Gasteiger partial charge in [-0.3, -0.25) is 0 Å². The summed E-state index contributed by atoms with van der Waals surface area (Å²) in [5.74, 6) is 0.705. The third-order valence-electron chi connectivity index (χ3n) is 9.29. The predicted molar refractivity (Wildman–Crippen MR) is 202 cm³/mol. The minimum Gasteiger partial charge on any atom is -0.228 e. The van der Waals surface area contributed by atoms with Gasteiger partial charge < -0.3 is 0 Å². The molecule has 0 unspecified atom stereocenters. The zero-order valence-electron chi connectivity index (χ0n) is 26.2. The van der Waals surface area contributed by atoms with Gasteiger partial charge >= 0.3 is 0 Å².